The zero-order valence-corrected chi connectivity index (χ0v) is 10.1. The average molecular weight is 305 g/mol. The zero-order chi connectivity index (χ0) is 10.3. The summed E-state index contributed by atoms with van der Waals surface area (Å²) in [5.74, 6) is 0. The highest BCUT2D eigenvalue weighted by atomic mass is 35.6. The topological polar surface area (TPSA) is 38.9 Å². The molecule has 0 atom stereocenters. The molecule has 1 aromatic heterocycles. The number of aromatic nitrogens is 2. The van der Waals surface area contributed by atoms with Crippen LogP contribution < -0.4 is 0 Å². The van der Waals surface area contributed by atoms with Crippen molar-refractivity contribution < 1.29 is 4.63 Å². The third kappa shape index (κ3) is 2.91. The van der Waals surface area contributed by atoms with Crippen LogP contribution in [0.2, 0.25) is 0 Å². The Labute approximate surface area is 103 Å². The molecule has 0 radical (unpaired) electrons. The summed E-state index contributed by atoms with van der Waals surface area (Å²) < 4.78 is 0.624. The quantitative estimate of drug-likeness (QED) is 0.686. The molecule has 0 N–H and O–H groups in total. The van der Waals surface area contributed by atoms with E-state index in [0.717, 1.165) is 0 Å². The number of nitrogens with zero attached hydrogens (tertiary/aromatic N) is 2. The lowest BCUT2D eigenvalue weighted by Gasteiger charge is -2.11. The first-order valence-electron chi connectivity index (χ1n) is 2.70. The van der Waals surface area contributed by atoms with Crippen LogP contribution in [-0.2, 0) is 7.59 Å². The summed E-state index contributed by atoms with van der Waals surface area (Å²) in [6.45, 7) is 0. The average Bonchev–Trinajstić information content (AvgIpc) is 2.27. The fourth-order valence-corrected chi connectivity index (χ4v) is 1.30. The highest BCUT2D eigenvalue weighted by Gasteiger charge is 2.40. The minimum Gasteiger partial charge on any atom is -0.244 e. The molecule has 1 aromatic rings. The van der Waals surface area contributed by atoms with Crippen LogP contribution >= 0.6 is 69.6 Å². The lowest BCUT2D eigenvalue weighted by atomic mass is 10.4. The van der Waals surface area contributed by atoms with E-state index in [-0.39, 0.29) is 11.4 Å². The van der Waals surface area contributed by atoms with Gasteiger partial charge in [0.2, 0.25) is 7.59 Å². The van der Waals surface area contributed by atoms with Gasteiger partial charge in [-0.05, 0) is 10.3 Å². The summed E-state index contributed by atoms with van der Waals surface area (Å²) in [7, 11) is 0. The van der Waals surface area contributed by atoms with E-state index in [1.54, 1.807) is 0 Å². The van der Waals surface area contributed by atoms with E-state index in [2.05, 4.69) is 14.9 Å². The van der Waals surface area contributed by atoms with Gasteiger partial charge in [0, 0.05) is 0 Å². The number of halogens is 6. The van der Waals surface area contributed by atoms with Crippen molar-refractivity contribution >= 4 is 69.6 Å². The fraction of sp³-hybridized carbons (Fsp3) is 0.500. The Hall–Kier alpha value is 0.880. The lowest BCUT2D eigenvalue weighted by Crippen LogP contribution is -2.11. The number of hydrogen-bond acceptors (Lipinski definition) is 3. The van der Waals surface area contributed by atoms with Gasteiger partial charge in [0.25, 0.3) is 0 Å². The lowest BCUT2D eigenvalue weighted by molar-refractivity contribution is 0.300. The third-order valence-corrected chi connectivity index (χ3v) is 2.10. The van der Waals surface area contributed by atoms with Crippen LogP contribution in [0.25, 0.3) is 0 Å². The van der Waals surface area contributed by atoms with E-state index >= 15 is 0 Å². The van der Waals surface area contributed by atoms with E-state index in [1.807, 2.05) is 0 Å². The molecule has 0 saturated heterocycles. The summed E-state index contributed by atoms with van der Waals surface area (Å²) in [4.78, 5) is 0. The normalized spacial score (nSPS) is 13.4. The Kier molecular flexibility index (Phi) is 3.49. The van der Waals surface area contributed by atoms with E-state index in [4.69, 9.17) is 69.6 Å². The first-order valence-corrected chi connectivity index (χ1v) is 4.96. The van der Waals surface area contributed by atoms with E-state index in [9.17, 15) is 0 Å². The molecule has 0 bridgehead atoms. The largest absolute Gasteiger partial charge is 0.244 e. The van der Waals surface area contributed by atoms with Gasteiger partial charge in [-0.2, -0.15) is 0 Å². The zero-order valence-electron chi connectivity index (χ0n) is 5.57. The van der Waals surface area contributed by atoms with Crippen molar-refractivity contribution in [2.45, 2.75) is 7.59 Å². The van der Waals surface area contributed by atoms with Crippen LogP contribution in [0, 0.1) is 0 Å². The summed E-state index contributed by atoms with van der Waals surface area (Å²) in [6.07, 6.45) is 0. The van der Waals surface area contributed by atoms with Crippen molar-refractivity contribution in [3.8, 4) is 0 Å². The van der Waals surface area contributed by atoms with Crippen LogP contribution in [0.4, 0.5) is 0 Å². The molecule has 0 spiro atoms. The molecule has 1 rings (SSSR count). The second-order valence-corrected chi connectivity index (χ2v) is 6.52. The molecular formula is C4Cl6N2O. The molecule has 9 heteroatoms. The van der Waals surface area contributed by atoms with Crippen LogP contribution in [0.15, 0.2) is 4.63 Å². The van der Waals surface area contributed by atoms with Crippen molar-refractivity contribution in [1.29, 1.82) is 0 Å². The standard InChI is InChI=1S/C4Cl6N2O/c5-3(6,7)1-2(4(8,9)10)12-13-11-1. The van der Waals surface area contributed by atoms with Gasteiger partial charge in [0.1, 0.15) is 0 Å². The molecule has 3 nitrogen and oxygen atoms in total. The van der Waals surface area contributed by atoms with Crippen LogP contribution in [-0.4, -0.2) is 10.3 Å². The maximum absolute atomic E-state index is 5.50. The first kappa shape index (κ1) is 12.0. The van der Waals surface area contributed by atoms with Crippen LogP contribution in [0.3, 0.4) is 0 Å². The van der Waals surface area contributed by atoms with Gasteiger partial charge in [0.05, 0.1) is 0 Å². The number of rotatable bonds is 0. The van der Waals surface area contributed by atoms with E-state index < -0.39 is 7.59 Å². The highest BCUT2D eigenvalue weighted by Crippen LogP contribution is 2.46. The molecule has 13 heavy (non-hydrogen) atoms. The molecule has 0 fully saturated rings. The summed E-state index contributed by atoms with van der Waals surface area (Å²) >= 11 is 33.0. The predicted molar refractivity (Wildman–Crippen MR) is 52.8 cm³/mol. The van der Waals surface area contributed by atoms with Crippen molar-refractivity contribution in [3.63, 3.8) is 0 Å². The molecule has 0 unspecified atom stereocenters. The van der Waals surface area contributed by atoms with Crippen molar-refractivity contribution in [3.05, 3.63) is 11.4 Å². The van der Waals surface area contributed by atoms with Gasteiger partial charge in [-0.25, -0.2) is 4.63 Å². The Morgan fingerprint density at radius 3 is 1.31 bits per heavy atom. The molecule has 0 aliphatic heterocycles. The maximum atomic E-state index is 5.50. The molecular weight excluding hydrogens is 305 g/mol. The van der Waals surface area contributed by atoms with Crippen molar-refractivity contribution in [2.75, 3.05) is 0 Å². The van der Waals surface area contributed by atoms with Crippen molar-refractivity contribution in [2.24, 2.45) is 0 Å². The minimum atomic E-state index is -1.83. The SMILES string of the molecule is ClC(Cl)(Cl)c1nonc1C(Cl)(Cl)Cl. The predicted octanol–water partition coefficient (Wildman–Crippen LogP) is 3.72. The Morgan fingerprint density at radius 2 is 1.08 bits per heavy atom. The molecule has 0 aromatic carbocycles. The van der Waals surface area contributed by atoms with Crippen LogP contribution in [0.5, 0.6) is 0 Å². The Bertz CT molecular complexity index is 270. The van der Waals surface area contributed by atoms with Gasteiger partial charge in [-0.15, -0.1) is 0 Å². The van der Waals surface area contributed by atoms with Gasteiger partial charge in [0.15, 0.2) is 11.4 Å². The first-order chi connectivity index (χ1) is 5.73. The van der Waals surface area contributed by atoms with Crippen LogP contribution in [0.1, 0.15) is 11.4 Å². The van der Waals surface area contributed by atoms with Gasteiger partial charge >= 0.3 is 0 Å². The van der Waals surface area contributed by atoms with E-state index in [0.29, 0.717) is 0 Å². The maximum Gasteiger partial charge on any atom is 0.238 e. The molecule has 0 aliphatic rings. The smallest absolute Gasteiger partial charge is 0.238 e. The Balaban J connectivity index is 3.19. The Morgan fingerprint density at radius 1 is 0.769 bits per heavy atom. The number of hydrogen-bond donors (Lipinski definition) is 0. The van der Waals surface area contributed by atoms with Gasteiger partial charge in [-0.3, -0.25) is 0 Å². The van der Waals surface area contributed by atoms with Gasteiger partial charge < -0.3 is 0 Å². The summed E-state index contributed by atoms with van der Waals surface area (Å²) in [5.41, 5.74) is -0.282. The summed E-state index contributed by atoms with van der Waals surface area (Å²) in [6, 6.07) is 0. The third-order valence-electron chi connectivity index (χ3n) is 1.03. The van der Waals surface area contributed by atoms with Crippen molar-refractivity contribution in [1.82, 2.24) is 10.3 Å². The fourth-order valence-electron chi connectivity index (χ4n) is 0.561. The number of alkyl halides is 6. The summed E-state index contributed by atoms with van der Waals surface area (Å²) in [5, 5.41) is 6.64. The minimum absolute atomic E-state index is 0.141. The highest BCUT2D eigenvalue weighted by molar-refractivity contribution is 6.68. The molecule has 0 amide bonds. The monoisotopic (exact) mass is 302 g/mol. The molecule has 0 saturated carbocycles. The van der Waals surface area contributed by atoms with Gasteiger partial charge in [-0.1, -0.05) is 69.6 Å². The molecule has 1 heterocycles. The molecule has 0 aliphatic carbocycles. The molecule has 74 valence electrons. The second-order valence-electron chi connectivity index (χ2n) is 1.96. The van der Waals surface area contributed by atoms with E-state index in [1.165, 1.54) is 0 Å². The second kappa shape index (κ2) is 3.80.